The highest BCUT2D eigenvalue weighted by Crippen LogP contribution is 2.34. The van der Waals surface area contributed by atoms with E-state index in [9.17, 15) is 0 Å². The summed E-state index contributed by atoms with van der Waals surface area (Å²) in [6, 6.07) is 15.4. The van der Waals surface area contributed by atoms with Crippen LogP contribution < -0.4 is 5.32 Å². The molecule has 2 N–H and O–H groups in total. The van der Waals surface area contributed by atoms with Gasteiger partial charge in [0.15, 0.2) is 0 Å². The summed E-state index contributed by atoms with van der Waals surface area (Å²) < 4.78 is 1.14. The molecule has 0 fully saturated rings. The molecule has 4 rings (SSSR count). The lowest BCUT2D eigenvalue weighted by molar-refractivity contribution is 0.570. The van der Waals surface area contributed by atoms with Gasteiger partial charge in [0.2, 0.25) is 0 Å². The third-order valence-electron chi connectivity index (χ3n) is 4.09. The molecule has 2 heterocycles. The van der Waals surface area contributed by atoms with Crippen molar-refractivity contribution in [1.29, 1.82) is 0 Å². The molecule has 2 aromatic carbocycles. The van der Waals surface area contributed by atoms with Crippen LogP contribution in [-0.4, -0.2) is 11.5 Å². The largest absolute Gasteiger partial charge is 0.361 e. The number of halogens is 1. The number of fused-ring (bicyclic) bond motifs is 2. The molecule has 2 nitrogen and oxygen atoms in total. The molecule has 0 bridgehead atoms. The second-order valence-corrected chi connectivity index (χ2v) is 6.19. The fourth-order valence-electron chi connectivity index (χ4n) is 3.13. The third-order valence-corrected chi connectivity index (χ3v) is 4.59. The Balaban J connectivity index is 1.90. The molecule has 3 aromatic rings. The van der Waals surface area contributed by atoms with Gasteiger partial charge < -0.3 is 10.3 Å². The first-order valence-corrected chi connectivity index (χ1v) is 7.70. The highest BCUT2D eigenvalue weighted by molar-refractivity contribution is 9.10. The molecule has 0 amide bonds. The van der Waals surface area contributed by atoms with Crippen molar-refractivity contribution in [1.82, 2.24) is 10.3 Å². The van der Waals surface area contributed by atoms with Crippen molar-refractivity contribution in [3.63, 3.8) is 0 Å². The average molecular weight is 327 g/mol. The van der Waals surface area contributed by atoms with Crippen LogP contribution in [0.25, 0.3) is 10.9 Å². The van der Waals surface area contributed by atoms with Gasteiger partial charge in [-0.25, -0.2) is 0 Å². The van der Waals surface area contributed by atoms with E-state index < -0.39 is 0 Å². The highest BCUT2D eigenvalue weighted by Gasteiger charge is 2.23. The van der Waals surface area contributed by atoms with Crippen LogP contribution in [0.3, 0.4) is 0 Å². The van der Waals surface area contributed by atoms with Crippen molar-refractivity contribution < 1.29 is 0 Å². The summed E-state index contributed by atoms with van der Waals surface area (Å²) in [6.07, 6.45) is 3.24. The normalized spacial score (nSPS) is 18.1. The van der Waals surface area contributed by atoms with Crippen LogP contribution in [-0.2, 0) is 6.42 Å². The van der Waals surface area contributed by atoms with E-state index in [-0.39, 0.29) is 6.04 Å². The Labute approximate surface area is 126 Å². The summed E-state index contributed by atoms with van der Waals surface area (Å²) in [6.45, 7) is 1.03. The molecule has 1 aliphatic rings. The molecule has 1 aromatic heterocycles. The predicted octanol–water partition coefficient (Wildman–Crippen LogP) is 4.17. The van der Waals surface area contributed by atoms with E-state index in [1.165, 1.54) is 27.6 Å². The number of nitrogens with one attached hydrogen (secondary N) is 2. The van der Waals surface area contributed by atoms with Crippen molar-refractivity contribution in [3.05, 3.63) is 69.8 Å². The number of hydrogen-bond donors (Lipinski definition) is 2. The Hall–Kier alpha value is -1.58. The molecule has 1 aliphatic heterocycles. The average Bonchev–Trinajstić information content (AvgIpc) is 2.90. The van der Waals surface area contributed by atoms with Crippen molar-refractivity contribution in [2.24, 2.45) is 0 Å². The maximum Gasteiger partial charge on any atom is 0.0601 e. The number of hydrogen-bond acceptors (Lipinski definition) is 1. The topological polar surface area (TPSA) is 27.8 Å². The van der Waals surface area contributed by atoms with E-state index in [4.69, 9.17) is 0 Å². The van der Waals surface area contributed by atoms with Gasteiger partial charge in [-0.15, -0.1) is 0 Å². The Morgan fingerprint density at radius 1 is 1.05 bits per heavy atom. The molecule has 100 valence electrons. The van der Waals surface area contributed by atoms with Gasteiger partial charge in [-0.3, -0.25) is 0 Å². The van der Waals surface area contributed by atoms with E-state index >= 15 is 0 Å². The highest BCUT2D eigenvalue weighted by atomic mass is 79.9. The third kappa shape index (κ3) is 1.89. The number of aromatic amines is 1. The lowest BCUT2D eigenvalue weighted by Gasteiger charge is -2.27. The summed E-state index contributed by atoms with van der Waals surface area (Å²) in [5.41, 5.74) is 5.36. The van der Waals surface area contributed by atoms with E-state index in [1.54, 1.807) is 0 Å². The summed E-state index contributed by atoms with van der Waals surface area (Å²) in [5.74, 6) is 0. The molecule has 20 heavy (non-hydrogen) atoms. The second kappa shape index (κ2) is 4.76. The van der Waals surface area contributed by atoms with E-state index in [0.717, 1.165) is 17.4 Å². The van der Waals surface area contributed by atoms with Crippen LogP contribution in [0.2, 0.25) is 0 Å². The molecule has 3 heteroatoms. The zero-order valence-corrected chi connectivity index (χ0v) is 12.6. The second-order valence-electron chi connectivity index (χ2n) is 5.27. The van der Waals surface area contributed by atoms with Gasteiger partial charge in [0, 0.05) is 28.1 Å². The fourth-order valence-corrected chi connectivity index (χ4v) is 3.51. The van der Waals surface area contributed by atoms with Crippen LogP contribution in [0, 0.1) is 0 Å². The first-order chi connectivity index (χ1) is 9.83. The molecule has 1 atom stereocenters. The van der Waals surface area contributed by atoms with E-state index in [1.807, 2.05) is 0 Å². The summed E-state index contributed by atoms with van der Waals surface area (Å²) >= 11 is 3.60. The van der Waals surface area contributed by atoms with Crippen LogP contribution in [0.4, 0.5) is 0 Å². The number of H-pyrrole nitrogens is 1. The fraction of sp³-hybridized carbons (Fsp3) is 0.176. The number of benzene rings is 2. The lowest BCUT2D eigenvalue weighted by Crippen LogP contribution is -2.30. The van der Waals surface area contributed by atoms with Gasteiger partial charge in [0.1, 0.15) is 0 Å². The number of rotatable bonds is 1. The first kappa shape index (κ1) is 12.2. The minimum absolute atomic E-state index is 0.271. The van der Waals surface area contributed by atoms with Crippen LogP contribution >= 0.6 is 15.9 Å². The molecular formula is C17H15BrN2. The SMILES string of the molecule is Brc1ccc2c(c1)[C@@H](c1c[nH]c3ccccc13)NCC2. The minimum atomic E-state index is 0.271. The molecule has 0 saturated carbocycles. The van der Waals surface area contributed by atoms with Crippen molar-refractivity contribution in [3.8, 4) is 0 Å². The zero-order valence-electron chi connectivity index (χ0n) is 11.0. The van der Waals surface area contributed by atoms with Gasteiger partial charge in [-0.1, -0.05) is 40.2 Å². The Kier molecular flexibility index (Phi) is 2.90. The molecular weight excluding hydrogens is 312 g/mol. The summed E-state index contributed by atoms with van der Waals surface area (Å²) in [5, 5.41) is 4.96. The van der Waals surface area contributed by atoms with Crippen molar-refractivity contribution in [2.45, 2.75) is 12.5 Å². The Bertz CT molecular complexity index is 776. The molecule has 0 saturated heterocycles. The van der Waals surface area contributed by atoms with E-state index in [2.05, 4.69) is 74.9 Å². The Morgan fingerprint density at radius 2 is 1.95 bits per heavy atom. The van der Waals surface area contributed by atoms with Crippen LogP contribution in [0.5, 0.6) is 0 Å². The smallest absolute Gasteiger partial charge is 0.0601 e. The summed E-state index contributed by atoms with van der Waals surface area (Å²) in [4.78, 5) is 3.38. The Morgan fingerprint density at radius 3 is 2.90 bits per heavy atom. The maximum atomic E-state index is 3.66. The van der Waals surface area contributed by atoms with Crippen molar-refractivity contribution in [2.75, 3.05) is 6.54 Å². The molecule has 0 radical (unpaired) electrons. The molecule has 0 spiro atoms. The summed E-state index contributed by atoms with van der Waals surface area (Å²) in [7, 11) is 0. The number of aromatic nitrogens is 1. The predicted molar refractivity (Wildman–Crippen MR) is 86.0 cm³/mol. The van der Waals surface area contributed by atoms with E-state index in [0.29, 0.717) is 0 Å². The maximum absolute atomic E-state index is 3.66. The van der Waals surface area contributed by atoms with Gasteiger partial charge in [-0.2, -0.15) is 0 Å². The quantitative estimate of drug-likeness (QED) is 0.690. The zero-order chi connectivity index (χ0) is 13.5. The minimum Gasteiger partial charge on any atom is -0.361 e. The van der Waals surface area contributed by atoms with Crippen LogP contribution in [0.15, 0.2) is 53.1 Å². The standard InChI is InChI=1S/C17H15BrN2/c18-12-6-5-11-7-8-19-17(14(11)9-12)15-10-20-16-4-2-1-3-13(15)16/h1-6,9-10,17,19-20H,7-8H2/t17-/m0/s1. The monoisotopic (exact) mass is 326 g/mol. The lowest BCUT2D eigenvalue weighted by atomic mass is 9.90. The van der Waals surface area contributed by atoms with Crippen LogP contribution in [0.1, 0.15) is 22.7 Å². The van der Waals surface area contributed by atoms with Gasteiger partial charge in [0.05, 0.1) is 6.04 Å². The molecule has 0 aliphatic carbocycles. The van der Waals surface area contributed by atoms with Gasteiger partial charge in [-0.05, 0) is 41.3 Å². The first-order valence-electron chi connectivity index (χ1n) is 6.90. The van der Waals surface area contributed by atoms with Crippen molar-refractivity contribution >= 4 is 26.8 Å². The molecule has 0 unspecified atom stereocenters. The van der Waals surface area contributed by atoms with Gasteiger partial charge in [0.25, 0.3) is 0 Å². The van der Waals surface area contributed by atoms with Gasteiger partial charge >= 0.3 is 0 Å². The number of para-hydroxylation sites is 1.